The summed E-state index contributed by atoms with van der Waals surface area (Å²) in [6, 6.07) is 0. The molecule has 0 aliphatic heterocycles. The largest absolute Gasteiger partial charge is 0.396 e. The SMILES string of the molecule is OCCCn1cc(CNCC2(CO)CC2)nn1. The number of aryl methyl sites for hydroxylation is 1. The maximum atomic E-state index is 9.16. The van der Waals surface area contributed by atoms with E-state index in [1.165, 1.54) is 0 Å². The molecule has 0 unspecified atom stereocenters. The van der Waals surface area contributed by atoms with Gasteiger partial charge in [-0.05, 0) is 19.3 Å². The summed E-state index contributed by atoms with van der Waals surface area (Å²) in [5.41, 5.74) is 1.03. The average molecular weight is 240 g/mol. The van der Waals surface area contributed by atoms with E-state index in [1.807, 2.05) is 6.20 Å². The summed E-state index contributed by atoms with van der Waals surface area (Å²) >= 11 is 0. The molecule has 17 heavy (non-hydrogen) atoms. The maximum Gasteiger partial charge on any atom is 0.0964 e. The summed E-state index contributed by atoms with van der Waals surface area (Å²) in [7, 11) is 0. The van der Waals surface area contributed by atoms with Crippen molar-refractivity contribution in [3.05, 3.63) is 11.9 Å². The molecule has 1 heterocycles. The number of aliphatic hydroxyl groups excluding tert-OH is 2. The van der Waals surface area contributed by atoms with Gasteiger partial charge < -0.3 is 15.5 Å². The molecule has 0 atom stereocenters. The third-order valence-corrected chi connectivity index (χ3v) is 3.23. The zero-order valence-electron chi connectivity index (χ0n) is 9.97. The predicted octanol–water partition coefficient (Wildman–Crippen LogP) is -0.477. The van der Waals surface area contributed by atoms with Gasteiger partial charge in [0, 0.05) is 44.5 Å². The van der Waals surface area contributed by atoms with Crippen LogP contribution >= 0.6 is 0 Å². The molecule has 1 aliphatic carbocycles. The van der Waals surface area contributed by atoms with E-state index in [4.69, 9.17) is 10.2 Å². The first-order valence-electron chi connectivity index (χ1n) is 6.09. The Morgan fingerprint density at radius 2 is 2.24 bits per heavy atom. The molecule has 1 saturated carbocycles. The highest BCUT2D eigenvalue weighted by atomic mass is 16.3. The van der Waals surface area contributed by atoms with Crippen LogP contribution in [0.1, 0.15) is 25.0 Å². The van der Waals surface area contributed by atoms with Crippen molar-refractivity contribution in [3.8, 4) is 0 Å². The second-order valence-corrected chi connectivity index (χ2v) is 4.81. The van der Waals surface area contributed by atoms with E-state index in [9.17, 15) is 0 Å². The highest BCUT2D eigenvalue weighted by molar-refractivity contribution is 4.96. The lowest BCUT2D eigenvalue weighted by atomic mass is 10.1. The minimum Gasteiger partial charge on any atom is -0.396 e. The van der Waals surface area contributed by atoms with Crippen LogP contribution in [0.25, 0.3) is 0 Å². The van der Waals surface area contributed by atoms with E-state index in [-0.39, 0.29) is 18.6 Å². The van der Waals surface area contributed by atoms with Crippen molar-refractivity contribution < 1.29 is 10.2 Å². The quantitative estimate of drug-likeness (QED) is 0.572. The first kappa shape index (κ1) is 12.5. The molecular formula is C11H20N4O2. The standard InChI is InChI=1S/C11H20N4O2/c16-5-1-4-15-7-10(13-14-15)6-12-8-11(9-17)2-3-11/h7,12,16-17H,1-6,8-9H2. The number of aromatic nitrogens is 3. The van der Waals surface area contributed by atoms with Crippen LogP contribution in [0.2, 0.25) is 0 Å². The molecule has 1 aromatic heterocycles. The van der Waals surface area contributed by atoms with E-state index in [1.54, 1.807) is 4.68 Å². The van der Waals surface area contributed by atoms with Crippen LogP contribution in [0.4, 0.5) is 0 Å². The topological polar surface area (TPSA) is 83.2 Å². The zero-order chi connectivity index (χ0) is 12.1. The third kappa shape index (κ3) is 3.49. The minimum absolute atomic E-state index is 0.132. The lowest BCUT2D eigenvalue weighted by molar-refractivity contribution is 0.207. The van der Waals surface area contributed by atoms with Crippen molar-refractivity contribution in [1.82, 2.24) is 20.3 Å². The Morgan fingerprint density at radius 3 is 2.88 bits per heavy atom. The molecule has 0 aromatic carbocycles. The highest BCUT2D eigenvalue weighted by Gasteiger charge is 2.41. The molecule has 1 aromatic rings. The number of nitrogens with zero attached hydrogens (tertiary/aromatic N) is 3. The normalized spacial score (nSPS) is 17.3. The van der Waals surface area contributed by atoms with Gasteiger partial charge in [0.05, 0.1) is 5.69 Å². The summed E-state index contributed by atoms with van der Waals surface area (Å²) in [5, 5.41) is 29.2. The second-order valence-electron chi connectivity index (χ2n) is 4.81. The highest BCUT2D eigenvalue weighted by Crippen LogP contribution is 2.44. The Morgan fingerprint density at radius 1 is 1.41 bits per heavy atom. The second kappa shape index (κ2) is 5.57. The van der Waals surface area contributed by atoms with Gasteiger partial charge in [-0.15, -0.1) is 5.10 Å². The van der Waals surface area contributed by atoms with Gasteiger partial charge in [-0.25, -0.2) is 0 Å². The molecule has 0 spiro atoms. The molecule has 1 aliphatic rings. The monoisotopic (exact) mass is 240 g/mol. The average Bonchev–Trinajstić information content (AvgIpc) is 2.99. The summed E-state index contributed by atoms with van der Waals surface area (Å²) in [4.78, 5) is 0. The van der Waals surface area contributed by atoms with Crippen molar-refractivity contribution >= 4 is 0 Å². The van der Waals surface area contributed by atoms with E-state index < -0.39 is 0 Å². The van der Waals surface area contributed by atoms with Crippen molar-refractivity contribution in [2.24, 2.45) is 5.41 Å². The van der Waals surface area contributed by atoms with Gasteiger partial charge in [-0.2, -0.15) is 0 Å². The van der Waals surface area contributed by atoms with Crippen LogP contribution in [0.5, 0.6) is 0 Å². The summed E-state index contributed by atoms with van der Waals surface area (Å²) in [5.74, 6) is 0. The fraction of sp³-hybridized carbons (Fsp3) is 0.818. The summed E-state index contributed by atoms with van der Waals surface area (Å²) < 4.78 is 1.74. The number of aliphatic hydroxyl groups is 2. The smallest absolute Gasteiger partial charge is 0.0964 e. The first-order chi connectivity index (χ1) is 8.28. The van der Waals surface area contributed by atoms with Gasteiger partial charge in [0.2, 0.25) is 0 Å². The lowest BCUT2D eigenvalue weighted by Crippen LogP contribution is -2.26. The Bertz CT molecular complexity index is 349. The fourth-order valence-corrected chi connectivity index (χ4v) is 1.78. The van der Waals surface area contributed by atoms with E-state index in [0.717, 1.165) is 25.1 Å². The number of hydrogen-bond donors (Lipinski definition) is 3. The van der Waals surface area contributed by atoms with Crippen LogP contribution in [-0.2, 0) is 13.1 Å². The molecule has 0 radical (unpaired) electrons. The minimum atomic E-state index is 0.132. The maximum absolute atomic E-state index is 9.16. The molecule has 0 bridgehead atoms. The zero-order valence-corrected chi connectivity index (χ0v) is 9.97. The van der Waals surface area contributed by atoms with Gasteiger partial charge in [-0.3, -0.25) is 4.68 Å². The van der Waals surface area contributed by atoms with E-state index >= 15 is 0 Å². The molecule has 0 amide bonds. The molecule has 96 valence electrons. The third-order valence-electron chi connectivity index (χ3n) is 3.23. The molecular weight excluding hydrogens is 220 g/mol. The van der Waals surface area contributed by atoms with Crippen molar-refractivity contribution in [2.45, 2.75) is 32.4 Å². The van der Waals surface area contributed by atoms with Crippen molar-refractivity contribution in [1.29, 1.82) is 0 Å². The number of nitrogens with one attached hydrogen (secondary N) is 1. The van der Waals surface area contributed by atoms with Crippen LogP contribution in [0.15, 0.2) is 6.20 Å². The number of hydrogen-bond acceptors (Lipinski definition) is 5. The van der Waals surface area contributed by atoms with Crippen LogP contribution < -0.4 is 5.32 Å². The van der Waals surface area contributed by atoms with Crippen LogP contribution in [-0.4, -0.2) is 45.0 Å². The Hall–Kier alpha value is -0.980. The van der Waals surface area contributed by atoms with Gasteiger partial charge in [0.15, 0.2) is 0 Å². The lowest BCUT2D eigenvalue weighted by Gasteiger charge is -2.11. The Labute approximate surface area is 101 Å². The van der Waals surface area contributed by atoms with E-state index in [0.29, 0.717) is 19.5 Å². The Kier molecular flexibility index (Phi) is 4.09. The van der Waals surface area contributed by atoms with Gasteiger partial charge in [-0.1, -0.05) is 5.21 Å². The van der Waals surface area contributed by atoms with Gasteiger partial charge in [0.25, 0.3) is 0 Å². The molecule has 2 rings (SSSR count). The molecule has 6 heteroatoms. The predicted molar refractivity (Wildman–Crippen MR) is 62.2 cm³/mol. The summed E-state index contributed by atoms with van der Waals surface area (Å²) in [6.45, 7) is 2.66. The van der Waals surface area contributed by atoms with Gasteiger partial charge >= 0.3 is 0 Å². The molecule has 1 fully saturated rings. The van der Waals surface area contributed by atoms with E-state index in [2.05, 4.69) is 15.6 Å². The fourth-order valence-electron chi connectivity index (χ4n) is 1.78. The van der Waals surface area contributed by atoms with Crippen LogP contribution in [0.3, 0.4) is 0 Å². The molecule has 3 N–H and O–H groups in total. The van der Waals surface area contributed by atoms with Crippen molar-refractivity contribution in [2.75, 3.05) is 19.8 Å². The first-order valence-corrected chi connectivity index (χ1v) is 6.09. The molecule has 6 nitrogen and oxygen atoms in total. The Balaban J connectivity index is 1.70. The van der Waals surface area contributed by atoms with Crippen LogP contribution in [0, 0.1) is 5.41 Å². The number of rotatable bonds is 8. The summed E-state index contributed by atoms with van der Waals surface area (Å²) in [6.07, 6.45) is 4.81. The van der Waals surface area contributed by atoms with Crippen molar-refractivity contribution in [3.63, 3.8) is 0 Å². The van der Waals surface area contributed by atoms with Gasteiger partial charge in [0.1, 0.15) is 0 Å². The molecule has 0 saturated heterocycles.